The zero-order valence-electron chi connectivity index (χ0n) is 11.6. The van der Waals surface area contributed by atoms with Crippen LogP contribution in [0.4, 0.5) is 0 Å². The predicted molar refractivity (Wildman–Crippen MR) is 93.5 cm³/mol. The van der Waals surface area contributed by atoms with Crippen LogP contribution in [-0.4, -0.2) is 25.3 Å². The molecule has 2 rings (SSSR count). The summed E-state index contributed by atoms with van der Waals surface area (Å²) in [6.45, 7) is 0.651. The Morgan fingerprint density at radius 3 is 3.00 bits per heavy atom. The number of ether oxygens (including phenoxy) is 1. The lowest BCUT2D eigenvalue weighted by Crippen LogP contribution is -2.26. The van der Waals surface area contributed by atoms with Gasteiger partial charge in [0, 0.05) is 27.4 Å². The molecule has 0 saturated heterocycles. The number of thioether (sulfide) groups is 1. The van der Waals surface area contributed by atoms with Gasteiger partial charge >= 0.3 is 0 Å². The third-order valence-corrected chi connectivity index (χ3v) is 5.53. The molecule has 0 bridgehead atoms. The molecule has 0 saturated carbocycles. The van der Waals surface area contributed by atoms with Crippen molar-refractivity contribution in [3.05, 3.63) is 50.6 Å². The highest BCUT2D eigenvalue weighted by Crippen LogP contribution is 2.22. The van der Waals surface area contributed by atoms with Gasteiger partial charge in [-0.15, -0.1) is 11.3 Å². The van der Waals surface area contributed by atoms with Gasteiger partial charge in [0.05, 0.1) is 12.7 Å². The molecule has 0 aliphatic carbocycles. The Morgan fingerprint density at radius 2 is 2.29 bits per heavy atom. The van der Waals surface area contributed by atoms with Crippen LogP contribution in [0.2, 0.25) is 0 Å². The molecule has 1 aromatic heterocycles. The zero-order valence-corrected chi connectivity index (χ0v) is 14.8. The van der Waals surface area contributed by atoms with Crippen LogP contribution < -0.4 is 10.1 Å². The van der Waals surface area contributed by atoms with Gasteiger partial charge in [0.15, 0.2) is 0 Å². The molecule has 1 amide bonds. The molecule has 0 atom stereocenters. The van der Waals surface area contributed by atoms with Crippen molar-refractivity contribution >= 4 is 44.9 Å². The second-order valence-electron chi connectivity index (χ2n) is 4.23. The molecule has 0 fully saturated rings. The van der Waals surface area contributed by atoms with Crippen LogP contribution in [0.3, 0.4) is 0 Å². The van der Waals surface area contributed by atoms with E-state index in [2.05, 4.69) is 38.8 Å². The van der Waals surface area contributed by atoms with Crippen LogP contribution >= 0.6 is 39.0 Å². The first kappa shape index (κ1) is 16.4. The van der Waals surface area contributed by atoms with E-state index in [1.54, 1.807) is 24.5 Å². The summed E-state index contributed by atoms with van der Waals surface area (Å²) >= 11 is 6.97. The molecule has 0 aliphatic heterocycles. The molecule has 3 nitrogen and oxygen atoms in total. The lowest BCUT2D eigenvalue weighted by Gasteiger charge is -2.08. The Morgan fingerprint density at radius 1 is 1.43 bits per heavy atom. The normalized spacial score (nSPS) is 10.4. The highest BCUT2D eigenvalue weighted by Gasteiger charge is 2.10. The average molecular weight is 386 g/mol. The molecule has 6 heteroatoms. The third kappa shape index (κ3) is 5.05. The summed E-state index contributed by atoms with van der Waals surface area (Å²) in [6, 6.07) is 9.56. The summed E-state index contributed by atoms with van der Waals surface area (Å²) in [5.41, 5.74) is 0.595. The fourth-order valence-electron chi connectivity index (χ4n) is 1.70. The number of rotatable bonds is 7. The summed E-state index contributed by atoms with van der Waals surface area (Å²) in [7, 11) is 1.59. The van der Waals surface area contributed by atoms with Crippen LogP contribution in [0.5, 0.6) is 5.75 Å². The maximum atomic E-state index is 12.1. The number of halogens is 1. The van der Waals surface area contributed by atoms with Crippen LogP contribution in [0.1, 0.15) is 15.2 Å². The Kier molecular flexibility index (Phi) is 6.60. The van der Waals surface area contributed by atoms with Crippen molar-refractivity contribution in [3.8, 4) is 5.75 Å². The molecule has 21 heavy (non-hydrogen) atoms. The number of thiophene rings is 1. The van der Waals surface area contributed by atoms with Gasteiger partial charge in [-0.1, -0.05) is 6.07 Å². The molecular formula is C15H16BrNO2S2. The highest BCUT2D eigenvalue weighted by molar-refractivity contribution is 9.10. The first-order chi connectivity index (χ1) is 10.2. The molecular weight excluding hydrogens is 370 g/mol. The summed E-state index contributed by atoms with van der Waals surface area (Å²) in [6.07, 6.45) is 0. The van der Waals surface area contributed by atoms with Crippen LogP contribution in [0.15, 0.2) is 40.2 Å². The molecule has 0 radical (unpaired) electrons. The van der Waals surface area contributed by atoms with Gasteiger partial charge in [0.1, 0.15) is 5.75 Å². The number of carbonyl (C=O) groups excluding carboxylic acids is 1. The lowest BCUT2D eigenvalue weighted by atomic mass is 10.2. The van der Waals surface area contributed by atoms with Crippen LogP contribution in [0, 0.1) is 0 Å². The van der Waals surface area contributed by atoms with Crippen molar-refractivity contribution in [2.24, 2.45) is 0 Å². The van der Waals surface area contributed by atoms with E-state index in [9.17, 15) is 4.79 Å². The molecule has 0 aliphatic rings. The minimum Gasteiger partial charge on any atom is -0.497 e. The average Bonchev–Trinajstić information content (AvgIpc) is 3.00. The molecule has 1 aromatic carbocycles. The van der Waals surface area contributed by atoms with E-state index in [0.717, 1.165) is 16.0 Å². The van der Waals surface area contributed by atoms with E-state index in [1.165, 1.54) is 4.88 Å². The van der Waals surface area contributed by atoms with E-state index >= 15 is 0 Å². The Hall–Kier alpha value is -0.980. The minimum absolute atomic E-state index is 0.0856. The van der Waals surface area contributed by atoms with Gasteiger partial charge < -0.3 is 10.1 Å². The summed E-state index contributed by atoms with van der Waals surface area (Å²) in [5, 5.41) is 5.01. The third-order valence-electron chi connectivity index (χ3n) is 2.77. The van der Waals surface area contributed by atoms with Crippen molar-refractivity contribution < 1.29 is 9.53 Å². The summed E-state index contributed by atoms with van der Waals surface area (Å²) in [4.78, 5) is 13.5. The summed E-state index contributed by atoms with van der Waals surface area (Å²) in [5.74, 6) is 2.48. The Balaban J connectivity index is 1.76. The SMILES string of the molecule is COc1ccc(Br)c(C(=O)NCCSCc2cccs2)c1. The van der Waals surface area contributed by atoms with E-state index < -0.39 is 0 Å². The maximum Gasteiger partial charge on any atom is 0.252 e. The van der Waals surface area contributed by atoms with E-state index in [4.69, 9.17) is 4.74 Å². The van der Waals surface area contributed by atoms with Crippen molar-refractivity contribution in [1.82, 2.24) is 5.32 Å². The summed E-state index contributed by atoms with van der Waals surface area (Å²) < 4.78 is 5.91. The number of hydrogen-bond acceptors (Lipinski definition) is 4. The van der Waals surface area contributed by atoms with Gasteiger partial charge in [-0.05, 0) is 45.6 Å². The molecule has 112 valence electrons. The fourth-order valence-corrected chi connectivity index (χ4v) is 3.83. The van der Waals surface area contributed by atoms with Crippen molar-refractivity contribution in [2.75, 3.05) is 19.4 Å². The lowest BCUT2D eigenvalue weighted by molar-refractivity contribution is 0.0955. The number of methoxy groups -OCH3 is 1. The molecule has 0 spiro atoms. The molecule has 2 aromatic rings. The maximum absolute atomic E-state index is 12.1. The van der Waals surface area contributed by atoms with E-state index in [0.29, 0.717) is 17.9 Å². The Labute approximate surface area is 141 Å². The van der Waals surface area contributed by atoms with E-state index in [1.807, 2.05) is 23.9 Å². The quantitative estimate of drug-likeness (QED) is 0.726. The highest BCUT2D eigenvalue weighted by atomic mass is 79.9. The van der Waals surface area contributed by atoms with Crippen LogP contribution in [-0.2, 0) is 5.75 Å². The fraction of sp³-hybridized carbons (Fsp3) is 0.267. The van der Waals surface area contributed by atoms with Crippen LogP contribution in [0.25, 0.3) is 0 Å². The predicted octanol–water partition coefficient (Wildman–Crippen LogP) is 4.18. The molecule has 1 N–H and O–H groups in total. The molecule has 0 unspecified atom stereocenters. The smallest absolute Gasteiger partial charge is 0.252 e. The topological polar surface area (TPSA) is 38.3 Å². The van der Waals surface area contributed by atoms with Crippen molar-refractivity contribution in [1.29, 1.82) is 0 Å². The number of nitrogens with one attached hydrogen (secondary N) is 1. The molecule has 1 heterocycles. The van der Waals surface area contributed by atoms with Gasteiger partial charge in [-0.3, -0.25) is 4.79 Å². The van der Waals surface area contributed by atoms with Gasteiger partial charge in [0.2, 0.25) is 0 Å². The largest absolute Gasteiger partial charge is 0.497 e. The van der Waals surface area contributed by atoms with Crippen molar-refractivity contribution in [3.63, 3.8) is 0 Å². The second kappa shape index (κ2) is 8.46. The van der Waals surface area contributed by atoms with Gasteiger partial charge in [-0.25, -0.2) is 0 Å². The monoisotopic (exact) mass is 385 g/mol. The van der Waals surface area contributed by atoms with Gasteiger partial charge in [0.25, 0.3) is 5.91 Å². The number of amides is 1. The first-order valence-electron chi connectivity index (χ1n) is 6.42. The second-order valence-corrected chi connectivity index (χ2v) is 7.23. The first-order valence-corrected chi connectivity index (χ1v) is 9.25. The zero-order chi connectivity index (χ0) is 15.1. The van der Waals surface area contributed by atoms with E-state index in [-0.39, 0.29) is 5.91 Å². The standard InChI is InChI=1S/C15H16BrNO2S2/c1-19-11-4-5-14(16)13(9-11)15(18)17-6-8-20-10-12-3-2-7-21-12/h2-5,7,9H,6,8,10H2,1H3,(H,17,18). The number of benzene rings is 1. The van der Waals surface area contributed by atoms with Gasteiger partial charge in [-0.2, -0.15) is 11.8 Å². The number of hydrogen-bond donors (Lipinski definition) is 1. The Bertz CT molecular complexity index is 587. The minimum atomic E-state index is -0.0856. The number of carbonyl (C=O) groups is 1. The van der Waals surface area contributed by atoms with Crippen molar-refractivity contribution in [2.45, 2.75) is 5.75 Å².